The Hall–Kier alpha value is -0.440. The molecule has 0 amide bonds. The van der Waals surface area contributed by atoms with Gasteiger partial charge in [0.25, 0.3) is 0 Å². The van der Waals surface area contributed by atoms with Crippen molar-refractivity contribution in [2.24, 2.45) is 5.92 Å². The minimum absolute atomic E-state index is 0.0104. The van der Waals surface area contributed by atoms with Crippen molar-refractivity contribution in [3.8, 4) is 0 Å². The smallest absolute Gasteiger partial charge is 0.306 e. The molecule has 0 aromatic carbocycles. The van der Waals surface area contributed by atoms with Crippen LogP contribution in [0.3, 0.4) is 0 Å². The van der Waals surface area contributed by atoms with Gasteiger partial charge in [0.1, 0.15) is 6.10 Å². The predicted molar refractivity (Wildman–Crippen MR) is 92.7 cm³/mol. The van der Waals surface area contributed by atoms with Gasteiger partial charge >= 0.3 is 5.97 Å². The minimum atomic E-state index is -0.0209. The van der Waals surface area contributed by atoms with E-state index in [1.807, 2.05) is 18.7 Å². The van der Waals surface area contributed by atoms with Crippen molar-refractivity contribution in [2.75, 3.05) is 11.5 Å². The van der Waals surface area contributed by atoms with Crippen LogP contribution in [0.5, 0.6) is 0 Å². The molecule has 0 heterocycles. The summed E-state index contributed by atoms with van der Waals surface area (Å²) in [7, 11) is 0. The van der Waals surface area contributed by atoms with E-state index in [2.05, 4.69) is 13.5 Å². The van der Waals surface area contributed by atoms with Crippen LogP contribution in [0.1, 0.15) is 71.6 Å². The molecular weight excluding hydrogens is 280 g/mol. The predicted octanol–water partition coefficient (Wildman–Crippen LogP) is 5.37. The van der Waals surface area contributed by atoms with Gasteiger partial charge in [0.15, 0.2) is 0 Å². The minimum Gasteiger partial charge on any atom is -0.462 e. The summed E-state index contributed by atoms with van der Waals surface area (Å²) >= 11 is 1.97. The van der Waals surface area contributed by atoms with Gasteiger partial charge in [-0.05, 0) is 50.0 Å². The van der Waals surface area contributed by atoms with E-state index in [-0.39, 0.29) is 12.1 Å². The van der Waals surface area contributed by atoms with Crippen molar-refractivity contribution in [3.63, 3.8) is 0 Å². The first-order valence-electron chi connectivity index (χ1n) is 8.55. The number of hydrogen-bond donors (Lipinski definition) is 0. The van der Waals surface area contributed by atoms with Crippen molar-refractivity contribution >= 4 is 17.7 Å². The molecule has 2 nitrogen and oxygen atoms in total. The second-order valence-electron chi connectivity index (χ2n) is 6.26. The van der Waals surface area contributed by atoms with Crippen molar-refractivity contribution in [2.45, 2.75) is 77.7 Å². The normalized spacial score (nSPS) is 17.4. The molecule has 0 aromatic rings. The number of thioether (sulfide) groups is 1. The Morgan fingerprint density at radius 2 is 2.05 bits per heavy atom. The Labute approximate surface area is 135 Å². The van der Waals surface area contributed by atoms with E-state index in [1.165, 1.54) is 55.6 Å². The standard InChI is InChI=1S/C18H32O2S/c1-4-21-12-8-9-15(2)13-16(3)20-18(19)14-17-10-6-5-7-11-17/h16-17H,2,4-14H2,1,3H3. The Kier molecular flexibility index (Phi) is 9.90. The molecule has 0 spiro atoms. The highest BCUT2D eigenvalue weighted by Crippen LogP contribution is 2.27. The van der Waals surface area contributed by atoms with Crippen molar-refractivity contribution < 1.29 is 9.53 Å². The summed E-state index contributed by atoms with van der Waals surface area (Å²) in [6.07, 6.45) is 9.93. The Balaban J connectivity index is 2.12. The fraction of sp³-hybridized carbons (Fsp3) is 0.833. The van der Waals surface area contributed by atoms with E-state index in [0.29, 0.717) is 12.3 Å². The van der Waals surface area contributed by atoms with E-state index in [1.54, 1.807) is 0 Å². The van der Waals surface area contributed by atoms with E-state index in [9.17, 15) is 4.79 Å². The van der Waals surface area contributed by atoms with Crippen LogP contribution in [-0.4, -0.2) is 23.6 Å². The van der Waals surface area contributed by atoms with Gasteiger partial charge in [-0.25, -0.2) is 0 Å². The zero-order valence-electron chi connectivity index (χ0n) is 13.9. The lowest BCUT2D eigenvalue weighted by atomic mass is 9.87. The molecule has 21 heavy (non-hydrogen) atoms. The van der Waals surface area contributed by atoms with Crippen molar-refractivity contribution in [3.05, 3.63) is 12.2 Å². The molecule has 3 heteroatoms. The highest BCUT2D eigenvalue weighted by molar-refractivity contribution is 7.99. The number of rotatable bonds is 10. The maximum absolute atomic E-state index is 11.9. The zero-order chi connectivity index (χ0) is 15.5. The second-order valence-corrected chi connectivity index (χ2v) is 7.66. The number of carbonyl (C=O) groups excluding carboxylic acids is 1. The first-order chi connectivity index (χ1) is 10.1. The third-order valence-electron chi connectivity index (χ3n) is 4.11. The summed E-state index contributed by atoms with van der Waals surface area (Å²) < 4.78 is 5.55. The first-order valence-corrected chi connectivity index (χ1v) is 9.71. The van der Waals surface area contributed by atoms with E-state index < -0.39 is 0 Å². The van der Waals surface area contributed by atoms with Gasteiger partial charge in [-0.3, -0.25) is 4.79 Å². The summed E-state index contributed by atoms with van der Waals surface area (Å²) in [4.78, 5) is 11.9. The maximum Gasteiger partial charge on any atom is 0.306 e. The molecule has 122 valence electrons. The van der Waals surface area contributed by atoms with Gasteiger partial charge in [0, 0.05) is 12.8 Å². The Morgan fingerprint density at radius 1 is 1.33 bits per heavy atom. The van der Waals surface area contributed by atoms with Crippen LogP contribution in [0.2, 0.25) is 0 Å². The molecule has 0 aliphatic heterocycles. The summed E-state index contributed by atoms with van der Waals surface area (Å²) in [5.74, 6) is 2.93. The average molecular weight is 313 g/mol. The topological polar surface area (TPSA) is 26.3 Å². The Morgan fingerprint density at radius 3 is 2.71 bits per heavy atom. The van der Waals surface area contributed by atoms with Gasteiger partial charge in [-0.15, -0.1) is 0 Å². The summed E-state index contributed by atoms with van der Waals surface area (Å²) in [5.41, 5.74) is 1.21. The molecule has 1 aliphatic rings. The largest absolute Gasteiger partial charge is 0.462 e. The fourth-order valence-corrected chi connectivity index (χ4v) is 3.66. The van der Waals surface area contributed by atoms with Crippen LogP contribution >= 0.6 is 11.8 Å². The molecule has 1 rings (SSSR count). The molecule has 1 fully saturated rings. The SMILES string of the molecule is C=C(CCCSCC)CC(C)OC(=O)CC1CCCCC1. The number of ether oxygens (including phenoxy) is 1. The molecule has 0 N–H and O–H groups in total. The lowest BCUT2D eigenvalue weighted by Gasteiger charge is -2.22. The van der Waals surface area contributed by atoms with Gasteiger partial charge in [0.2, 0.25) is 0 Å². The third kappa shape index (κ3) is 9.23. The maximum atomic E-state index is 11.9. The highest BCUT2D eigenvalue weighted by Gasteiger charge is 2.19. The van der Waals surface area contributed by atoms with Crippen LogP contribution < -0.4 is 0 Å². The van der Waals surface area contributed by atoms with Crippen LogP contribution in [0, 0.1) is 5.92 Å². The van der Waals surface area contributed by atoms with Gasteiger partial charge in [-0.2, -0.15) is 11.8 Å². The van der Waals surface area contributed by atoms with Crippen LogP contribution in [0.25, 0.3) is 0 Å². The number of esters is 1. The molecule has 0 aromatic heterocycles. The van der Waals surface area contributed by atoms with Crippen LogP contribution in [0.4, 0.5) is 0 Å². The third-order valence-corrected chi connectivity index (χ3v) is 5.10. The summed E-state index contributed by atoms with van der Waals surface area (Å²) in [5, 5.41) is 0. The second kappa shape index (κ2) is 11.2. The van der Waals surface area contributed by atoms with Crippen molar-refractivity contribution in [1.82, 2.24) is 0 Å². The Bertz CT molecular complexity index is 308. The average Bonchev–Trinajstić information content (AvgIpc) is 2.44. The number of carbonyl (C=O) groups is 1. The molecular formula is C18H32O2S. The highest BCUT2D eigenvalue weighted by atomic mass is 32.2. The van der Waals surface area contributed by atoms with Crippen LogP contribution in [-0.2, 0) is 9.53 Å². The lowest BCUT2D eigenvalue weighted by molar-refractivity contribution is -0.149. The van der Waals surface area contributed by atoms with Crippen molar-refractivity contribution in [1.29, 1.82) is 0 Å². The lowest BCUT2D eigenvalue weighted by Crippen LogP contribution is -2.19. The van der Waals surface area contributed by atoms with Crippen LogP contribution in [0.15, 0.2) is 12.2 Å². The molecule has 0 radical (unpaired) electrons. The molecule has 0 saturated heterocycles. The number of hydrogen-bond acceptors (Lipinski definition) is 3. The molecule has 1 unspecified atom stereocenters. The molecule has 0 bridgehead atoms. The monoisotopic (exact) mass is 312 g/mol. The fourth-order valence-electron chi connectivity index (χ4n) is 3.02. The van der Waals surface area contributed by atoms with Gasteiger partial charge in [0.05, 0.1) is 0 Å². The molecule has 1 atom stereocenters. The quantitative estimate of drug-likeness (QED) is 0.308. The van der Waals surface area contributed by atoms with E-state index in [0.717, 1.165) is 12.8 Å². The van der Waals surface area contributed by atoms with E-state index in [4.69, 9.17) is 4.74 Å². The van der Waals surface area contributed by atoms with E-state index >= 15 is 0 Å². The zero-order valence-corrected chi connectivity index (χ0v) is 14.7. The first kappa shape index (κ1) is 18.6. The van der Waals surface area contributed by atoms with Gasteiger partial charge in [-0.1, -0.05) is 38.3 Å². The molecule has 1 aliphatic carbocycles. The van der Waals surface area contributed by atoms with Gasteiger partial charge < -0.3 is 4.74 Å². The molecule has 1 saturated carbocycles. The summed E-state index contributed by atoms with van der Waals surface area (Å²) in [6, 6.07) is 0. The summed E-state index contributed by atoms with van der Waals surface area (Å²) in [6.45, 7) is 8.29.